The van der Waals surface area contributed by atoms with Crippen LogP contribution in [0.25, 0.3) is 0 Å². The van der Waals surface area contributed by atoms with Gasteiger partial charge in [0.25, 0.3) is 0 Å². The Hall–Kier alpha value is -2.41. The van der Waals surface area contributed by atoms with Crippen LogP contribution in [-0.2, 0) is 22.6 Å². The molecule has 0 radical (unpaired) electrons. The lowest BCUT2D eigenvalue weighted by Gasteiger charge is -2.35. The highest BCUT2D eigenvalue weighted by Gasteiger charge is 2.41. The van der Waals surface area contributed by atoms with Crippen LogP contribution in [0.3, 0.4) is 0 Å². The smallest absolute Gasteiger partial charge is 0.228 e. The van der Waals surface area contributed by atoms with E-state index in [1.54, 1.807) is 29.8 Å². The highest BCUT2D eigenvalue weighted by atomic mass is 32.1. The minimum atomic E-state index is -0.115. The lowest BCUT2D eigenvalue weighted by atomic mass is 9.94. The maximum absolute atomic E-state index is 12.8. The predicted octanol–water partition coefficient (Wildman–Crippen LogP) is 2.04. The lowest BCUT2D eigenvalue weighted by molar-refractivity contribution is -0.140. The highest BCUT2D eigenvalue weighted by molar-refractivity contribution is 7.07. The van der Waals surface area contributed by atoms with E-state index in [2.05, 4.69) is 4.98 Å². The summed E-state index contributed by atoms with van der Waals surface area (Å²) in [4.78, 5) is 33.7. The molecule has 1 aromatic carbocycles. The average molecular weight is 371 g/mol. The van der Waals surface area contributed by atoms with Gasteiger partial charge in [-0.3, -0.25) is 9.59 Å². The van der Waals surface area contributed by atoms with Crippen LogP contribution in [0.5, 0.6) is 5.75 Å². The second-order valence-corrected chi connectivity index (χ2v) is 7.73. The van der Waals surface area contributed by atoms with Crippen LogP contribution in [0.2, 0.25) is 0 Å². The first-order chi connectivity index (χ1) is 12.6. The molecule has 3 aliphatic heterocycles. The van der Waals surface area contributed by atoms with Crippen molar-refractivity contribution in [1.29, 1.82) is 0 Å². The third-order valence-corrected chi connectivity index (χ3v) is 5.89. The van der Waals surface area contributed by atoms with Gasteiger partial charge in [0.2, 0.25) is 11.8 Å². The molecule has 4 heterocycles. The van der Waals surface area contributed by atoms with E-state index >= 15 is 0 Å². The number of fused-ring (bicyclic) bond motifs is 4. The Morgan fingerprint density at radius 1 is 1.23 bits per heavy atom. The molecule has 1 aromatic heterocycles. The number of carbonyl (C=O) groups is 2. The Labute approximate surface area is 156 Å². The average Bonchev–Trinajstić information content (AvgIpc) is 2.99. The SMILES string of the molecule is O=C(Cc1ccc(O)cc1)N1C[C@H]2CC[C@@H](C1)N(Cc1cscn1)C2=O. The van der Waals surface area contributed by atoms with Gasteiger partial charge in [-0.2, -0.15) is 0 Å². The summed E-state index contributed by atoms with van der Waals surface area (Å²) in [6.07, 6.45) is 2.07. The Balaban J connectivity index is 1.47. The molecule has 7 heteroatoms. The van der Waals surface area contributed by atoms with Gasteiger partial charge in [-0.25, -0.2) is 4.98 Å². The Morgan fingerprint density at radius 3 is 2.77 bits per heavy atom. The fourth-order valence-corrected chi connectivity index (χ4v) is 4.39. The summed E-state index contributed by atoms with van der Waals surface area (Å²) in [5.74, 6) is 0.263. The third kappa shape index (κ3) is 3.44. The molecule has 0 spiro atoms. The van der Waals surface area contributed by atoms with Crippen LogP contribution in [0.1, 0.15) is 24.1 Å². The van der Waals surface area contributed by atoms with Crippen LogP contribution in [0, 0.1) is 5.92 Å². The van der Waals surface area contributed by atoms with Crippen LogP contribution in [0.4, 0.5) is 0 Å². The topological polar surface area (TPSA) is 73.7 Å². The maximum atomic E-state index is 12.8. The molecule has 3 aliphatic rings. The summed E-state index contributed by atoms with van der Waals surface area (Å²) < 4.78 is 0. The van der Waals surface area contributed by atoms with Crippen molar-refractivity contribution in [3.05, 3.63) is 46.4 Å². The maximum Gasteiger partial charge on any atom is 0.228 e. The fourth-order valence-electron chi connectivity index (χ4n) is 3.84. The molecule has 136 valence electrons. The van der Waals surface area contributed by atoms with Crippen LogP contribution < -0.4 is 0 Å². The van der Waals surface area contributed by atoms with Crippen LogP contribution in [0.15, 0.2) is 35.2 Å². The van der Waals surface area contributed by atoms with Crippen molar-refractivity contribution in [2.24, 2.45) is 5.92 Å². The van der Waals surface area contributed by atoms with Gasteiger partial charge in [0.05, 0.1) is 30.1 Å². The summed E-state index contributed by atoms with van der Waals surface area (Å²) in [7, 11) is 0. The number of hydrogen-bond acceptors (Lipinski definition) is 5. The molecule has 26 heavy (non-hydrogen) atoms. The van der Waals surface area contributed by atoms with Crippen molar-refractivity contribution in [3.8, 4) is 5.75 Å². The molecule has 0 saturated carbocycles. The van der Waals surface area contributed by atoms with Crippen molar-refractivity contribution in [3.63, 3.8) is 0 Å². The number of hydrogen-bond donors (Lipinski definition) is 1. The minimum Gasteiger partial charge on any atom is -0.508 e. The second-order valence-electron chi connectivity index (χ2n) is 7.02. The summed E-state index contributed by atoms with van der Waals surface area (Å²) in [6, 6.07) is 6.77. The Bertz CT molecular complexity index is 791. The molecule has 5 rings (SSSR count). The zero-order chi connectivity index (χ0) is 18.1. The molecule has 3 fully saturated rings. The first kappa shape index (κ1) is 17.0. The number of aromatic nitrogens is 1. The molecule has 0 aliphatic carbocycles. The number of phenols is 1. The van der Waals surface area contributed by atoms with Gasteiger partial charge >= 0.3 is 0 Å². The van der Waals surface area contributed by atoms with E-state index in [9.17, 15) is 14.7 Å². The number of nitrogens with zero attached hydrogens (tertiary/aromatic N) is 3. The number of phenolic OH excluding ortho intramolecular Hbond substituents is 1. The Kier molecular flexibility index (Phi) is 4.63. The molecule has 3 saturated heterocycles. The number of piperidine rings is 1. The first-order valence-corrected chi connectivity index (χ1v) is 9.77. The molecule has 2 amide bonds. The van der Waals surface area contributed by atoms with Gasteiger partial charge in [-0.05, 0) is 30.5 Å². The standard InChI is InChI=1S/C19H21N3O3S/c23-17-5-1-13(2-6-17)7-18(24)21-8-14-3-4-16(10-21)22(19(14)25)9-15-11-26-12-20-15/h1-2,5-6,11-12,14,16,23H,3-4,7-10H2/t14-,16+/m1/s1. The quantitative estimate of drug-likeness (QED) is 0.893. The van der Waals surface area contributed by atoms with E-state index in [-0.39, 0.29) is 29.5 Å². The van der Waals surface area contributed by atoms with Crippen molar-refractivity contribution in [2.45, 2.75) is 31.8 Å². The van der Waals surface area contributed by atoms with Crippen molar-refractivity contribution in [1.82, 2.24) is 14.8 Å². The summed E-state index contributed by atoms with van der Waals surface area (Å²) in [6.45, 7) is 1.62. The van der Waals surface area contributed by atoms with Gasteiger partial charge in [0.1, 0.15) is 5.75 Å². The lowest BCUT2D eigenvalue weighted by Crippen LogP contribution is -2.47. The van der Waals surface area contributed by atoms with E-state index < -0.39 is 0 Å². The van der Waals surface area contributed by atoms with Crippen molar-refractivity contribution in [2.75, 3.05) is 13.1 Å². The molecular weight excluding hydrogens is 350 g/mol. The normalized spacial score (nSPS) is 22.5. The summed E-state index contributed by atoms with van der Waals surface area (Å²) in [5.41, 5.74) is 3.57. The van der Waals surface area contributed by atoms with Gasteiger partial charge in [-0.15, -0.1) is 11.3 Å². The van der Waals surface area contributed by atoms with Gasteiger partial charge in [0.15, 0.2) is 0 Å². The monoisotopic (exact) mass is 371 g/mol. The van der Waals surface area contributed by atoms with Gasteiger partial charge < -0.3 is 14.9 Å². The molecule has 2 aromatic rings. The van der Waals surface area contributed by atoms with E-state index in [0.29, 0.717) is 26.1 Å². The van der Waals surface area contributed by atoms with Gasteiger partial charge in [-0.1, -0.05) is 12.1 Å². The van der Waals surface area contributed by atoms with Crippen molar-refractivity contribution < 1.29 is 14.7 Å². The van der Waals surface area contributed by atoms with Crippen LogP contribution >= 0.6 is 11.3 Å². The highest BCUT2D eigenvalue weighted by Crippen LogP contribution is 2.30. The van der Waals surface area contributed by atoms with E-state index in [0.717, 1.165) is 24.1 Å². The first-order valence-electron chi connectivity index (χ1n) is 8.83. The minimum absolute atomic E-state index is 0.0379. The predicted molar refractivity (Wildman–Crippen MR) is 97.6 cm³/mol. The zero-order valence-electron chi connectivity index (χ0n) is 14.4. The van der Waals surface area contributed by atoms with Crippen molar-refractivity contribution >= 4 is 23.2 Å². The molecule has 2 atom stereocenters. The molecule has 0 unspecified atom stereocenters. The zero-order valence-corrected chi connectivity index (χ0v) is 15.2. The molecule has 2 bridgehead atoms. The number of carbonyl (C=O) groups excluding carboxylic acids is 2. The number of rotatable bonds is 4. The van der Waals surface area contributed by atoms with Crippen LogP contribution in [-0.4, -0.2) is 50.8 Å². The largest absolute Gasteiger partial charge is 0.508 e. The number of aromatic hydroxyl groups is 1. The molecule has 1 N–H and O–H groups in total. The second kappa shape index (κ2) is 7.07. The van der Waals surface area contributed by atoms with E-state index in [1.807, 2.05) is 15.2 Å². The summed E-state index contributed by atoms with van der Waals surface area (Å²) in [5, 5.41) is 11.3. The van der Waals surface area contributed by atoms with Gasteiger partial charge in [0, 0.05) is 24.5 Å². The number of benzene rings is 1. The Morgan fingerprint density at radius 2 is 2.04 bits per heavy atom. The molecular formula is C19H21N3O3S. The third-order valence-electron chi connectivity index (χ3n) is 5.25. The number of thiazole rings is 1. The van der Waals surface area contributed by atoms with E-state index in [1.165, 1.54) is 11.3 Å². The fraction of sp³-hybridized carbons (Fsp3) is 0.421. The molecule has 6 nitrogen and oxygen atoms in total. The summed E-state index contributed by atoms with van der Waals surface area (Å²) >= 11 is 1.53. The number of amides is 2. The van der Waals surface area contributed by atoms with E-state index in [4.69, 9.17) is 0 Å².